The summed E-state index contributed by atoms with van der Waals surface area (Å²) in [5.41, 5.74) is -0.0835. The van der Waals surface area contributed by atoms with Gasteiger partial charge in [-0.2, -0.15) is 0 Å². The number of halogens is 1. The van der Waals surface area contributed by atoms with Gasteiger partial charge in [0.1, 0.15) is 10.6 Å². The zero-order valence-electron chi connectivity index (χ0n) is 16.1. The topological polar surface area (TPSA) is 109 Å². The van der Waals surface area contributed by atoms with E-state index in [2.05, 4.69) is 15.5 Å². The number of hydrogen-bond acceptors (Lipinski definition) is 7. The summed E-state index contributed by atoms with van der Waals surface area (Å²) in [5.74, 6) is 0.619. The van der Waals surface area contributed by atoms with Gasteiger partial charge in [0.25, 0.3) is 5.89 Å². The minimum Gasteiger partial charge on any atom is -0.416 e. The van der Waals surface area contributed by atoms with Gasteiger partial charge in [0.2, 0.25) is 5.89 Å². The van der Waals surface area contributed by atoms with E-state index in [1.807, 2.05) is 36.4 Å². The first-order chi connectivity index (χ1) is 13.5. The first kappa shape index (κ1) is 20.4. The van der Waals surface area contributed by atoms with Crippen LogP contribution < -0.4 is 5.32 Å². The predicted octanol–water partition coefficient (Wildman–Crippen LogP) is 3.33. The van der Waals surface area contributed by atoms with E-state index >= 15 is 0 Å². The zero-order chi connectivity index (χ0) is 21.0. The number of hydrogen-bond donors (Lipinski definition) is 2. The predicted molar refractivity (Wildman–Crippen MR) is 116 cm³/mol. The normalized spacial score (nSPS) is 30.6. The molecule has 1 aromatic heterocycles. The Hall–Kier alpha value is -1.84. The quantitative estimate of drug-likeness (QED) is 0.687. The summed E-state index contributed by atoms with van der Waals surface area (Å²) < 4.78 is 30.2. The first-order valence-electron chi connectivity index (χ1n) is 9.05. The molecule has 0 spiro atoms. The van der Waals surface area contributed by atoms with Crippen molar-refractivity contribution in [2.75, 3.05) is 5.75 Å². The van der Waals surface area contributed by atoms with Crippen molar-refractivity contribution in [3.8, 4) is 11.5 Å². The van der Waals surface area contributed by atoms with Gasteiger partial charge in [-0.3, -0.25) is 5.41 Å². The molecule has 10 heteroatoms. The molecule has 0 aliphatic carbocycles. The summed E-state index contributed by atoms with van der Waals surface area (Å²) in [4.78, 5) is 0.710. The van der Waals surface area contributed by atoms with E-state index in [9.17, 15) is 8.42 Å². The smallest absolute Gasteiger partial charge is 0.254 e. The molecule has 3 atom stereocenters. The molecule has 0 saturated carbocycles. The number of aromatic nitrogens is 2. The summed E-state index contributed by atoms with van der Waals surface area (Å²) >= 11 is 7.99. The van der Waals surface area contributed by atoms with E-state index < -0.39 is 25.5 Å². The number of rotatable bonds is 3. The van der Waals surface area contributed by atoms with Crippen LogP contribution in [0.4, 0.5) is 0 Å². The van der Waals surface area contributed by atoms with E-state index in [1.165, 1.54) is 11.8 Å². The highest BCUT2D eigenvalue weighted by Gasteiger charge is 2.55. The van der Waals surface area contributed by atoms with Crippen LogP contribution in [0.5, 0.6) is 0 Å². The van der Waals surface area contributed by atoms with Crippen molar-refractivity contribution in [3.63, 3.8) is 0 Å². The van der Waals surface area contributed by atoms with E-state index in [1.54, 1.807) is 20.8 Å². The maximum absolute atomic E-state index is 12.8. The van der Waals surface area contributed by atoms with Crippen LogP contribution in [0.1, 0.15) is 26.7 Å². The van der Waals surface area contributed by atoms with Crippen LogP contribution in [0.15, 0.2) is 40.8 Å². The van der Waals surface area contributed by atoms with Crippen molar-refractivity contribution in [2.45, 2.75) is 41.7 Å². The van der Waals surface area contributed by atoms with Crippen molar-refractivity contribution < 1.29 is 12.8 Å². The molecule has 2 N–H and O–H groups in total. The molecule has 0 amide bonds. The number of benzene rings is 1. The van der Waals surface area contributed by atoms with Gasteiger partial charge in [-0.1, -0.05) is 18.2 Å². The minimum absolute atomic E-state index is 0.0201. The number of thioether (sulfide) groups is 1. The summed E-state index contributed by atoms with van der Waals surface area (Å²) in [5, 5.41) is 18.8. The molecule has 1 aromatic carbocycles. The lowest BCUT2D eigenvalue weighted by molar-refractivity contribution is 0.417. The number of alkyl halides is 1. The molecule has 2 aromatic rings. The standard InChI is InChI=1S/C19H21ClN4O3S2/c1-18(2)17(21)22-19(3,10-29(18,25)26)14-12(20)9-13(28-14)16-24-23-15(27-16)11-7-5-4-6-8-11/h4-9,12,14H,10H2,1-3H3,(H2,21,22)/t12?,14?,19-/m0/s1. The highest BCUT2D eigenvalue weighted by Crippen LogP contribution is 2.47. The van der Waals surface area contributed by atoms with Gasteiger partial charge in [-0.05, 0) is 39.0 Å². The van der Waals surface area contributed by atoms with Crippen LogP contribution in [0.25, 0.3) is 16.4 Å². The third-order valence-corrected chi connectivity index (χ3v) is 10.3. The van der Waals surface area contributed by atoms with Crippen molar-refractivity contribution in [1.29, 1.82) is 5.41 Å². The number of nitrogens with zero attached hydrogens (tertiary/aromatic N) is 2. The molecule has 1 fully saturated rings. The lowest BCUT2D eigenvalue weighted by atomic mass is 9.95. The van der Waals surface area contributed by atoms with E-state index in [0.717, 1.165) is 5.56 Å². The molecule has 29 heavy (non-hydrogen) atoms. The van der Waals surface area contributed by atoms with Gasteiger partial charge in [-0.15, -0.1) is 33.6 Å². The van der Waals surface area contributed by atoms with Crippen molar-refractivity contribution in [3.05, 3.63) is 42.3 Å². The minimum atomic E-state index is -3.53. The SMILES string of the molecule is CC1(C)C(=N)N[C@](C)(C2SC(c3nnc(-c4ccccc4)o3)=CC2Cl)CS1(=O)=O. The summed E-state index contributed by atoms with van der Waals surface area (Å²) in [6.07, 6.45) is 1.81. The van der Waals surface area contributed by atoms with Gasteiger partial charge in [0.05, 0.1) is 26.8 Å². The molecule has 7 nitrogen and oxygen atoms in total. The summed E-state index contributed by atoms with van der Waals surface area (Å²) in [6, 6.07) is 9.45. The molecule has 2 aliphatic heterocycles. The molecule has 154 valence electrons. The molecule has 4 rings (SSSR count). The molecule has 0 radical (unpaired) electrons. The third kappa shape index (κ3) is 3.39. The average Bonchev–Trinajstić information content (AvgIpc) is 3.28. The molecular weight excluding hydrogens is 432 g/mol. The largest absolute Gasteiger partial charge is 0.416 e. The molecule has 2 unspecified atom stereocenters. The fraction of sp³-hybridized carbons (Fsp3) is 0.421. The van der Waals surface area contributed by atoms with Crippen LogP contribution in [0, 0.1) is 5.41 Å². The van der Waals surface area contributed by atoms with Crippen LogP contribution in [-0.4, -0.2) is 51.1 Å². The Balaban J connectivity index is 1.58. The van der Waals surface area contributed by atoms with Crippen molar-refractivity contribution in [2.24, 2.45) is 0 Å². The molecule has 1 saturated heterocycles. The molecular formula is C19H21ClN4O3S2. The summed E-state index contributed by atoms with van der Waals surface area (Å²) in [6.45, 7) is 4.89. The first-order valence-corrected chi connectivity index (χ1v) is 12.0. The highest BCUT2D eigenvalue weighted by molar-refractivity contribution is 8.09. The second-order valence-corrected chi connectivity index (χ2v) is 12.2. The fourth-order valence-corrected chi connectivity index (χ4v) is 7.25. The summed E-state index contributed by atoms with van der Waals surface area (Å²) in [7, 11) is -3.53. The Labute approximate surface area is 178 Å². The Bertz CT molecular complexity index is 1100. The second-order valence-electron chi connectivity index (χ2n) is 7.98. The van der Waals surface area contributed by atoms with E-state index in [-0.39, 0.29) is 16.8 Å². The van der Waals surface area contributed by atoms with Crippen LogP contribution >= 0.6 is 23.4 Å². The average molecular weight is 453 g/mol. The van der Waals surface area contributed by atoms with Crippen molar-refractivity contribution in [1.82, 2.24) is 15.5 Å². The van der Waals surface area contributed by atoms with E-state index in [0.29, 0.717) is 16.7 Å². The number of nitrogens with one attached hydrogen (secondary N) is 2. The third-order valence-electron chi connectivity index (χ3n) is 5.42. The second kappa shape index (κ2) is 6.85. The number of amidine groups is 1. The zero-order valence-corrected chi connectivity index (χ0v) is 18.5. The van der Waals surface area contributed by atoms with Gasteiger partial charge in [0, 0.05) is 5.56 Å². The van der Waals surface area contributed by atoms with E-state index in [4.69, 9.17) is 21.4 Å². The lowest BCUT2D eigenvalue weighted by Gasteiger charge is -2.46. The maximum Gasteiger partial charge on any atom is 0.254 e. The highest BCUT2D eigenvalue weighted by atomic mass is 35.5. The monoisotopic (exact) mass is 452 g/mol. The fourth-order valence-electron chi connectivity index (χ4n) is 3.45. The Morgan fingerprint density at radius 3 is 2.52 bits per heavy atom. The van der Waals surface area contributed by atoms with Gasteiger partial charge in [-0.25, -0.2) is 8.42 Å². The number of sulfone groups is 1. The molecule has 0 bridgehead atoms. The van der Waals surface area contributed by atoms with Crippen LogP contribution in [0.3, 0.4) is 0 Å². The maximum atomic E-state index is 12.8. The van der Waals surface area contributed by atoms with Crippen molar-refractivity contribution >= 4 is 43.9 Å². The van der Waals surface area contributed by atoms with Crippen LogP contribution in [0.2, 0.25) is 0 Å². The lowest BCUT2D eigenvalue weighted by Crippen LogP contribution is -2.69. The molecule has 3 heterocycles. The molecule has 2 aliphatic rings. The van der Waals surface area contributed by atoms with Gasteiger partial charge in [0.15, 0.2) is 9.84 Å². The number of allylic oxidation sites excluding steroid dienone is 1. The Kier molecular flexibility index (Phi) is 4.83. The van der Waals surface area contributed by atoms with Gasteiger partial charge >= 0.3 is 0 Å². The van der Waals surface area contributed by atoms with Gasteiger partial charge < -0.3 is 9.73 Å². The Morgan fingerprint density at radius 2 is 1.86 bits per heavy atom. The van der Waals surface area contributed by atoms with Crippen LogP contribution in [-0.2, 0) is 9.84 Å². The Morgan fingerprint density at radius 1 is 1.21 bits per heavy atom.